The molecule has 0 fully saturated rings. The van der Waals surface area contributed by atoms with Crippen LogP contribution in [0.4, 0.5) is 5.00 Å². The third kappa shape index (κ3) is 4.34. The first-order valence-corrected chi connectivity index (χ1v) is 9.87. The van der Waals surface area contributed by atoms with Crippen LogP contribution in [0.5, 0.6) is 0 Å². The van der Waals surface area contributed by atoms with Crippen molar-refractivity contribution in [1.29, 1.82) is 0 Å². The highest BCUT2D eigenvalue weighted by atomic mass is 32.1. The zero-order valence-corrected chi connectivity index (χ0v) is 15.7. The van der Waals surface area contributed by atoms with Crippen molar-refractivity contribution < 1.29 is 18.7 Å². The summed E-state index contributed by atoms with van der Waals surface area (Å²) in [6, 6.07) is 3.27. The molecule has 0 saturated heterocycles. The van der Waals surface area contributed by atoms with Crippen LogP contribution in [-0.2, 0) is 17.6 Å². The summed E-state index contributed by atoms with van der Waals surface area (Å²) in [5.41, 5.74) is 1.69. The van der Waals surface area contributed by atoms with Crippen LogP contribution in [0.3, 0.4) is 0 Å². The van der Waals surface area contributed by atoms with Gasteiger partial charge in [-0.2, -0.15) is 0 Å². The van der Waals surface area contributed by atoms with E-state index in [0.29, 0.717) is 30.3 Å². The van der Waals surface area contributed by atoms with E-state index in [1.54, 1.807) is 12.1 Å². The second-order valence-electron chi connectivity index (χ2n) is 6.15. The fourth-order valence-corrected chi connectivity index (χ4v) is 4.36. The Bertz CT molecular complexity index is 752. The summed E-state index contributed by atoms with van der Waals surface area (Å²) >= 11 is 1.50. The molecule has 7 heteroatoms. The first kappa shape index (κ1) is 18.7. The van der Waals surface area contributed by atoms with Gasteiger partial charge in [0.25, 0.3) is 11.8 Å². The molecule has 3 rings (SSSR count). The van der Waals surface area contributed by atoms with Crippen molar-refractivity contribution in [3.8, 4) is 0 Å². The summed E-state index contributed by atoms with van der Waals surface area (Å²) in [7, 11) is 0. The van der Waals surface area contributed by atoms with Gasteiger partial charge in [-0.3, -0.25) is 9.59 Å². The first-order valence-electron chi connectivity index (χ1n) is 9.06. The normalized spacial score (nSPS) is 13.3. The highest BCUT2D eigenvalue weighted by Gasteiger charge is 2.26. The van der Waals surface area contributed by atoms with Gasteiger partial charge in [0.05, 0.1) is 11.8 Å². The third-order valence-electron chi connectivity index (χ3n) is 4.33. The van der Waals surface area contributed by atoms with E-state index in [1.807, 2.05) is 6.92 Å². The third-order valence-corrected chi connectivity index (χ3v) is 5.53. The van der Waals surface area contributed by atoms with Crippen molar-refractivity contribution in [3.63, 3.8) is 0 Å². The molecule has 6 nitrogen and oxygen atoms in total. The minimum atomic E-state index is -0.334. The average Bonchev–Trinajstić information content (AvgIpc) is 3.29. The van der Waals surface area contributed by atoms with Gasteiger partial charge in [0.2, 0.25) is 0 Å². The second kappa shape index (κ2) is 9.00. The molecule has 0 aliphatic heterocycles. The SMILES string of the molecule is CCOCCCNC(=O)c1c(NC(=O)c2ccco2)sc2c1CCCC2. The Balaban J connectivity index is 1.75. The van der Waals surface area contributed by atoms with E-state index < -0.39 is 0 Å². The van der Waals surface area contributed by atoms with E-state index >= 15 is 0 Å². The zero-order valence-electron chi connectivity index (χ0n) is 14.9. The number of furan rings is 1. The van der Waals surface area contributed by atoms with Gasteiger partial charge in [-0.25, -0.2) is 0 Å². The second-order valence-corrected chi connectivity index (χ2v) is 7.26. The van der Waals surface area contributed by atoms with Gasteiger partial charge in [-0.15, -0.1) is 11.3 Å². The summed E-state index contributed by atoms with van der Waals surface area (Å²) in [5, 5.41) is 6.43. The number of amides is 2. The number of carbonyl (C=O) groups is 2. The number of fused-ring (bicyclic) bond motifs is 1. The Kier molecular flexibility index (Phi) is 6.46. The van der Waals surface area contributed by atoms with Gasteiger partial charge in [0, 0.05) is 24.6 Å². The maximum absolute atomic E-state index is 12.8. The molecule has 2 amide bonds. The molecule has 0 aromatic carbocycles. The molecular weight excluding hydrogens is 352 g/mol. The molecule has 2 aromatic rings. The maximum Gasteiger partial charge on any atom is 0.291 e. The molecule has 140 valence electrons. The van der Waals surface area contributed by atoms with Crippen molar-refractivity contribution in [2.75, 3.05) is 25.1 Å². The van der Waals surface area contributed by atoms with Gasteiger partial charge >= 0.3 is 0 Å². The Hall–Kier alpha value is -2.12. The number of ether oxygens (including phenoxy) is 1. The van der Waals surface area contributed by atoms with Crippen molar-refractivity contribution in [2.24, 2.45) is 0 Å². The number of hydrogen-bond acceptors (Lipinski definition) is 5. The Morgan fingerprint density at radius 1 is 1.27 bits per heavy atom. The fourth-order valence-electron chi connectivity index (χ4n) is 3.08. The van der Waals surface area contributed by atoms with Crippen LogP contribution in [-0.4, -0.2) is 31.6 Å². The minimum absolute atomic E-state index is 0.129. The Morgan fingerprint density at radius 3 is 2.88 bits per heavy atom. The minimum Gasteiger partial charge on any atom is -0.459 e. The van der Waals surface area contributed by atoms with Crippen LogP contribution in [0.15, 0.2) is 22.8 Å². The van der Waals surface area contributed by atoms with Crippen LogP contribution in [0.25, 0.3) is 0 Å². The van der Waals surface area contributed by atoms with Gasteiger partial charge < -0.3 is 19.8 Å². The van der Waals surface area contributed by atoms with Gasteiger partial charge in [-0.1, -0.05) is 0 Å². The lowest BCUT2D eigenvalue weighted by atomic mass is 9.95. The Morgan fingerprint density at radius 2 is 2.12 bits per heavy atom. The van der Waals surface area contributed by atoms with E-state index in [2.05, 4.69) is 10.6 Å². The van der Waals surface area contributed by atoms with E-state index in [4.69, 9.17) is 9.15 Å². The molecule has 0 spiro atoms. The van der Waals surface area contributed by atoms with E-state index in [-0.39, 0.29) is 17.6 Å². The molecule has 1 aliphatic carbocycles. The lowest BCUT2D eigenvalue weighted by Crippen LogP contribution is -2.27. The summed E-state index contributed by atoms with van der Waals surface area (Å²) in [6.07, 6.45) is 6.25. The van der Waals surface area contributed by atoms with Crippen molar-refractivity contribution in [3.05, 3.63) is 40.2 Å². The smallest absolute Gasteiger partial charge is 0.291 e. The molecule has 26 heavy (non-hydrogen) atoms. The molecule has 0 unspecified atom stereocenters. The van der Waals surface area contributed by atoms with Crippen molar-refractivity contribution >= 4 is 28.2 Å². The maximum atomic E-state index is 12.8. The molecular formula is C19H24N2O4S. The largest absolute Gasteiger partial charge is 0.459 e. The number of rotatable bonds is 8. The monoisotopic (exact) mass is 376 g/mol. The fraction of sp³-hybridized carbons (Fsp3) is 0.474. The average molecular weight is 376 g/mol. The molecule has 0 atom stereocenters. The first-order chi connectivity index (χ1) is 12.7. The number of hydrogen-bond donors (Lipinski definition) is 2. The topological polar surface area (TPSA) is 80.6 Å². The number of thiophene rings is 1. The Labute approximate surface area is 156 Å². The lowest BCUT2D eigenvalue weighted by molar-refractivity contribution is 0.0944. The van der Waals surface area contributed by atoms with Crippen LogP contribution >= 0.6 is 11.3 Å². The molecule has 2 N–H and O–H groups in total. The quantitative estimate of drug-likeness (QED) is 0.690. The predicted octanol–water partition coefficient (Wildman–Crippen LogP) is 3.63. The number of aryl methyl sites for hydroxylation is 1. The number of carbonyl (C=O) groups excluding carboxylic acids is 2. The highest BCUT2D eigenvalue weighted by molar-refractivity contribution is 7.17. The van der Waals surface area contributed by atoms with Crippen LogP contribution < -0.4 is 10.6 Å². The van der Waals surface area contributed by atoms with E-state index in [9.17, 15) is 9.59 Å². The molecule has 0 bridgehead atoms. The predicted molar refractivity (Wildman–Crippen MR) is 101 cm³/mol. The van der Waals surface area contributed by atoms with Crippen LogP contribution in [0.2, 0.25) is 0 Å². The van der Waals surface area contributed by atoms with Crippen molar-refractivity contribution in [2.45, 2.75) is 39.0 Å². The number of anilines is 1. The number of nitrogens with one attached hydrogen (secondary N) is 2. The molecule has 2 aromatic heterocycles. The van der Waals surface area contributed by atoms with E-state index in [0.717, 1.165) is 37.7 Å². The van der Waals surface area contributed by atoms with Gasteiger partial charge in [0.1, 0.15) is 5.00 Å². The highest BCUT2D eigenvalue weighted by Crippen LogP contribution is 2.38. The zero-order chi connectivity index (χ0) is 18.4. The summed E-state index contributed by atoms with van der Waals surface area (Å²) < 4.78 is 10.4. The lowest BCUT2D eigenvalue weighted by Gasteiger charge is -2.13. The van der Waals surface area contributed by atoms with Crippen LogP contribution in [0.1, 0.15) is 57.5 Å². The van der Waals surface area contributed by atoms with Crippen molar-refractivity contribution in [1.82, 2.24) is 5.32 Å². The summed E-state index contributed by atoms with van der Waals surface area (Å²) in [5.74, 6) is -0.228. The van der Waals surface area contributed by atoms with Crippen LogP contribution in [0, 0.1) is 0 Å². The molecule has 2 heterocycles. The molecule has 0 saturated carbocycles. The summed E-state index contributed by atoms with van der Waals surface area (Å²) in [4.78, 5) is 26.3. The van der Waals surface area contributed by atoms with E-state index in [1.165, 1.54) is 22.5 Å². The van der Waals surface area contributed by atoms with Gasteiger partial charge in [-0.05, 0) is 56.7 Å². The standard InChI is InChI=1S/C19H24N2O4S/c1-2-24-11-6-10-20-18(23)16-13-7-3-4-9-15(13)26-19(16)21-17(22)14-8-5-12-25-14/h5,8,12H,2-4,6-7,9-11H2,1H3,(H,20,23)(H,21,22). The van der Waals surface area contributed by atoms with Gasteiger partial charge in [0.15, 0.2) is 5.76 Å². The summed E-state index contributed by atoms with van der Waals surface area (Å²) in [6.45, 7) is 3.80. The molecule has 0 radical (unpaired) electrons. The molecule has 1 aliphatic rings.